The third-order valence-corrected chi connectivity index (χ3v) is 5.61. The van der Waals surface area contributed by atoms with E-state index >= 15 is 0 Å². The van der Waals surface area contributed by atoms with Crippen molar-refractivity contribution in [1.82, 2.24) is 14.7 Å². The van der Waals surface area contributed by atoms with Crippen LogP contribution in [0, 0.1) is 5.82 Å². The zero-order valence-electron chi connectivity index (χ0n) is 19.9. The Morgan fingerprint density at radius 2 is 1.63 bits per heavy atom. The van der Waals surface area contributed by atoms with Gasteiger partial charge in [0, 0.05) is 19.2 Å². The van der Waals surface area contributed by atoms with Crippen LogP contribution in [0.5, 0.6) is 11.6 Å². The molecule has 1 heterocycles. The Morgan fingerprint density at radius 3 is 2.26 bits per heavy atom. The molecule has 3 aromatic carbocycles. The first-order valence-corrected chi connectivity index (χ1v) is 11.5. The minimum absolute atomic E-state index is 0.220. The highest BCUT2D eigenvalue weighted by atomic mass is 19.1. The molecule has 180 valence electrons. The number of methoxy groups -OCH3 is 1. The van der Waals surface area contributed by atoms with E-state index in [2.05, 4.69) is 0 Å². The van der Waals surface area contributed by atoms with Gasteiger partial charge < -0.3 is 14.4 Å². The largest absolute Gasteiger partial charge is 0.439 e. The van der Waals surface area contributed by atoms with Crippen LogP contribution in [-0.2, 0) is 17.7 Å². The Bertz CT molecular complexity index is 1240. The lowest BCUT2D eigenvalue weighted by Crippen LogP contribution is -2.33. The second-order valence-electron chi connectivity index (χ2n) is 7.97. The molecule has 0 saturated carbocycles. The lowest BCUT2D eigenvalue weighted by Gasteiger charge is -2.23. The van der Waals surface area contributed by atoms with Gasteiger partial charge in [-0.25, -0.2) is 9.07 Å². The SMILES string of the molecule is CCc1nn(-c2ccccc2)c(Oc2ccccc2)c1CN(CCOC)C(=O)c1ccc(F)cc1. The average Bonchev–Trinajstić information content (AvgIpc) is 3.24. The van der Waals surface area contributed by atoms with Gasteiger partial charge in [-0.05, 0) is 55.0 Å². The maximum Gasteiger partial charge on any atom is 0.254 e. The van der Waals surface area contributed by atoms with Crippen LogP contribution in [0.3, 0.4) is 0 Å². The molecule has 6 nitrogen and oxygen atoms in total. The maximum atomic E-state index is 13.5. The number of aromatic nitrogens is 2. The standard InChI is InChI=1S/C28H28FN3O3/c1-3-26-25(20-31(18-19-34-2)27(33)21-14-16-22(29)17-15-21)28(35-24-12-8-5-9-13-24)32(30-26)23-10-6-4-7-11-23/h4-17H,3,18-20H2,1-2H3. The summed E-state index contributed by atoms with van der Waals surface area (Å²) >= 11 is 0. The van der Waals surface area contributed by atoms with E-state index in [1.807, 2.05) is 67.6 Å². The monoisotopic (exact) mass is 473 g/mol. The highest BCUT2D eigenvalue weighted by molar-refractivity contribution is 5.94. The van der Waals surface area contributed by atoms with E-state index in [-0.39, 0.29) is 18.3 Å². The van der Waals surface area contributed by atoms with Gasteiger partial charge in [-0.3, -0.25) is 4.79 Å². The number of rotatable bonds is 10. The summed E-state index contributed by atoms with van der Waals surface area (Å²) in [5.74, 6) is 0.610. The summed E-state index contributed by atoms with van der Waals surface area (Å²) in [7, 11) is 1.59. The van der Waals surface area contributed by atoms with E-state index in [0.29, 0.717) is 36.8 Å². The predicted molar refractivity (Wildman–Crippen MR) is 132 cm³/mol. The summed E-state index contributed by atoms with van der Waals surface area (Å²) in [6.45, 7) is 3.00. The molecular formula is C28H28FN3O3. The third kappa shape index (κ3) is 5.75. The molecule has 0 atom stereocenters. The lowest BCUT2D eigenvalue weighted by atomic mass is 10.1. The molecule has 7 heteroatoms. The number of hydrogen-bond donors (Lipinski definition) is 0. The van der Waals surface area contributed by atoms with Gasteiger partial charge >= 0.3 is 0 Å². The zero-order valence-corrected chi connectivity index (χ0v) is 19.9. The van der Waals surface area contributed by atoms with Gasteiger partial charge in [-0.1, -0.05) is 43.3 Å². The van der Waals surface area contributed by atoms with E-state index in [9.17, 15) is 9.18 Å². The van der Waals surface area contributed by atoms with E-state index in [1.165, 1.54) is 24.3 Å². The molecule has 4 rings (SSSR count). The molecule has 0 unspecified atom stereocenters. The summed E-state index contributed by atoms with van der Waals surface area (Å²) in [6, 6.07) is 24.8. The summed E-state index contributed by atoms with van der Waals surface area (Å²) in [4.78, 5) is 15.1. The average molecular weight is 474 g/mol. The number of benzene rings is 3. The fraction of sp³-hybridized carbons (Fsp3) is 0.214. The number of aryl methyl sites for hydroxylation is 1. The predicted octanol–water partition coefficient (Wildman–Crippen LogP) is 5.65. The number of carbonyl (C=O) groups is 1. The van der Waals surface area contributed by atoms with Gasteiger partial charge in [-0.2, -0.15) is 5.10 Å². The van der Waals surface area contributed by atoms with Crippen molar-refractivity contribution in [1.29, 1.82) is 0 Å². The molecule has 0 aliphatic carbocycles. The van der Waals surface area contributed by atoms with Crippen LogP contribution in [-0.4, -0.2) is 40.8 Å². The number of para-hydroxylation sites is 2. The van der Waals surface area contributed by atoms with Gasteiger partial charge in [0.15, 0.2) is 0 Å². The molecule has 35 heavy (non-hydrogen) atoms. The highest BCUT2D eigenvalue weighted by Crippen LogP contribution is 2.32. The summed E-state index contributed by atoms with van der Waals surface area (Å²) in [5.41, 5.74) is 2.90. The van der Waals surface area contributed by atoms with Crippen LogP contribution in [0.4, 0.5) is 4.39 Å². The van der Waals surface area contributed by atoms with Gasteiger partial charge in [0.25, 0.3) is 5.91 Å². The Labute approximate surface area is 204 Å². The molecule has 1 aromatic heterocycles. The van der Waals surface area contributed by atoms with Crippen molar-refractivity contribution in [3.05, 3.63) is 108 Å². The van der Waals surface area contributed by atoms with Crippen LogP contribution < -0.4 is 4.74 Å². The molecule has 0 fully saturated rings. The minimum Gasteiger partial charge on any atom is -0.439 e. The number of carbonyl (C=O) groups excluding carboxylic acids is 1. The van der Waals surface area contributed by atoms with Crippen molar-refractivity contribution in [2.45, 2.75) is 19.9 Å². The van der Waals surface area contributed by atoms with Crippen molar-refractivity contribution >= 4 is 5.91 Å². The second-order valence-corrected chi connectivity index (χ2v) is 7.97. The Balaban J connectivity index is 1.77. The number of amides is 1. The molecule has 0 aliphatic heterocycles. The quantitative estimate of drug-likeness (QED) is 0.298. The Kier molecular flexibility index (Phi) is 7.90. The molecule has 0 radical (unpaired) electrons. The van der Waals surface area contributed by atoms with E-state index < -0.39 is 0 Å². The number of ether oxygens (including phenoxy) is 2. The highest BCUT2D eigenvalue weighted by Gasteiger charge is 2.25. The number of nitrogens with zero attached hydrogens (tertiary/aromatic N) is 3. The van der Waals surface area contributed by atoms with Crippen LogP contribution in [0.25, 0.3) is 5.69 Å². The second kappa shape index (κ2) is 11.4. The molecule has 0 aliphatic rings. The van der Waals surface area contributed by atoms with Crippen molar-refractivity contribution in [3.63, 3.8) is 0 Å². The summed E-state index contributed by atoms with van der Waals surface area (Å²) < 4.78 is 26.9. The minimum atomic E-state index is -0.388. The number of hydrogen-bond acceptors (Lipinski definition) is 4. The van der Waals surface area contributed by atoms with E-state index in [4.69, 9.17) is 14.6 Å². The van der Waals surface area contributed by atoms with Gasteiger partial charge in [0.05, 0.1) is 30.1 Å². The van der Waals surface area contributed by atoms with Gasteiger partial charge in [-0.15, -0.1) is 0 Å². The smallest absolute Gasteiger partial charge is 0.254 e. The van der Waals surface area contributed by atoms with Gasteiger partial charge in [0.2, 0.25) is 5.88 Å². The van der Waals surface area contributed by atoms with Crippen LogP contribution in [0.2, 0.25) is 0 Å². The molecular weight excluding hydrogens is 445 g/mol. The summed E-state index contributed by atoms with van der Waals surface area (Å²) in [6.07, 6.45) is 0.656. The van der Waals surface area contributed by atoms with Gasteiger partial charge in [0.1, 0.15) is 11.6 Å². The first-order chi connectivity index (χ1) is 17.1. The third-order valence-electron chi connectivity index (χ3n) is 5.61. The van der Waals surface area contributed by atoms with Crippen LogP contribution in [0.15, 0.2) is 84.9 Å². The molecule has 1 amide bonds. The fourth-order valence-electron chi connectivity index (χ4n) is 3.79. The number of halogens is 1. The summed E-state index contributed by atoms with van der Waals surface area (Å²) in [5, 5.41) is 4.84. The lowest BCUT2D eigenvalue weighted by molar-refractivity contribution is 0.0679. The van der Waals surface area contributed by atoms with Crippen molar-refractivity contribution in [2.75, 3.05) is 20.3 Å². The first kappa shape index (κ1) is 24.2. The van der Waals surface area contributed by atoms with Crippen molar-refractivity contribution in [2.24, 2.45) is 0 Å². The first-order valence-electron chi connectivity index (χ1n) is 11.5. The van der Waals surface area contributed by atoms with Crippen LogP contribution >= 0.6 is 0 Å². The maximum absolute atomic E-state index is 13.5. The van der Waals surface area contributed by atoms with Crippen molar-refractivity contribution in [3.8, 4) is 17.3 Å². The van der Waals surface area contributed by atoms with Crippen LogP contribution in [0.1, 0.15) is 28.5 Å². The molecule has 0 spiro atoms. The zero-order chi connectivity index (χ0) is 24.6. The Morgan fingerprint density at radius 1 is 0.971 bits per heavy atom. The molecule has 0 N–H and O–H groups in total. The molecule has 0 bridgehead atoms. The van der Waals surface area contributed by atoms with E-state index in [0.717, 1.165) is 16.9 Å². The normalized spacial score (nSPS) is 10.8. The fourth-order valence-corrected chi connectivity index (χ4v) is 3.79. The molecule has 4 aromatic rings. The topological polar surface area (TPSA) is 56.6 Å². The van der Waals surface area contributed by atoms with E-state index in [1.54, 1.807) is 16.7 Å². The Hall–Kier alpha value is -3.97. The molecule has 0 saturated heterocycles. The van der Waals surface area contributed by atoms with Crippen molar-refractivity contribution < 1.29 is 18.7 Å².